The van der Waals surface area contributed by atoms with Gasteiger partial charge in [-0.25, -0.2) is 4.98 Å². The molecule has 1 saturated heterocycles. The number of benzene rings is 2. The molecule has 1 aliphatic carbocycles. The molecule has 2 heterocycles. The number of fused-ring (bicyclic) bond motifs is 1. The van der Waals surface area contributed by atoms with Gasteiger partial charge in [0.05, 0.1) is 21.9 Å². The standard InChI is InChI=1S/C28H20Cl2F3N3O3/c1-2-15-6-11-21-25(38)36(35-24-22(30)13-18(14-34-24)28(31,32)33)26(39)27(21,17-7-9-19(29)10-8-17)23(15)16-4-3-5-20(37)12-16/h2-10,12-14,21,23,37H,1,11H2,(H,34,35)/t21-,23+,27+/m0/s1. The minimum atomic E-state index is -4.68. The molecule has 2 aromatic carbocycles. The first kappa shape index (κ1) is 26.8. The molecule has 0 spiro atoms. The lowest BCUT2D eigenvalue weighted by atomic mass is 9.56. The van der Waals surface area contributed by atoms with Gasteiger partial charge in [0.2, 0.25) is 0 Å². The van der Waals surface area contributed by atoms with Crippen molar-refractivity contribution in [2.45, 2.75) is 23.9 Å². The van der Waals surface area contributed by atoms with Crippen LogP contribution in [0.25, 0.3) is 0 Å². The predicted molar refractivity (Wildman–Crippen MR) is 140 cm³/mol. The summed E-state index contributed by atoms with van der Waals surface area (Å²) in [6.45, 7) is 3.91. The van der Waals surface area contributed by atoms with Crippen molar-refractivity contribution in [1.82, 2.24) is 9.99 Å². The molecule has 0 unspecified atom stereocenters. The van der Waals surface area contributed by atoms with Crippen molar-refractivity contribution in [3.05, 3.63) is 112 Å². The Balaban J connectivity index is 1.68. The monoisotopic (exact) mass is 573 g/mol. The van der Waals surface area contributed by atoms with Crippen LogP contribution in [0.3, 0.4) is 0 Å². The number of carbonyl (C=O) groups is 2. The number of aromatic hydroxyl groups is 1. The number of allylic oxidation sites excluding steroid dienone is 3. The van der Waals surface area contributed by atoms with Gasteiger partial charge in [-0.2, -0.15) is 18.2 Å². The quantitative estimate of drug-likeness (QED) is 0.333. The smallest absolute Gasteiger partial charge is 0.417 e. The van der Waals surface area contributed by atoms with Gasteiger partial charge in [-0.05, 0) is 53.5 Å². The molecule has 6 nitrogen and oxygen atoms in total. The van der Waals surface area contributed by atoms with Gasteiger partial charge in [0.25, 0.3) is 11.8 Å². The molecular weight excluding hydrogens is 554 g/mol. The average molecular weight is 574 g/mol. The Morgan fingerprint density at radius 2 is 1.85 bits per heavy atom. The van der Waals surface area contributed by atoms with E-state index in [0.29, 0.717) is 34.0 Å². The van der Waals surface area contributed by atoms with Crippen LogP contribution in [-0.4, -0.2) is 26.9 Å². The van der Waals surface area contributed by atoms with E-state index in [4.69, 9.17) is 23.2 Å². The van der Waals surface area contributed by atoms with Crippen LogP contribution >= 0.6 is 23.2 Å². The molecule has 2 amide bonds. The second kappa shape index (κ2) is 9.73. The van der Waals surface area contributed by atoms with Crippen molar-refractivity contribution in [2.24, 2.45) is 5.92 Å². The number of halogens is 5. The highest BCUT2D eigenvalue weighted by atomic mass is 35.5. The number of nitrogens with zero attached hydrogens (tertiary/aromatic N) is 2. The maximum absolute atomic E-state index is 14.5. The van der Waals surface area contributed by atoms with Crippen molar-refractivity contribution >= 4 is 40.8 Å². The lowest BCUT2D eigenvalue weighted by Gasteiger charge is -2.43. The van der Waals surface area contributed by atoms with Gasteiger partial charge in [0.1, 0.15) is 5.75 Å². The highest BCUT2D eigenvalue weighted by Gasteiger charge is 2.66. The van der Waals surface area contributed by atoms with Gasteiger partial charge in [0.15, 0.2) is 5.82 Å². The number of hydrogen-bond acceptors (Lipinski definition) is 5. The number of carbonyl (C=O) groups excluding carboxylic acids is 2. The third kappa shape index (κ3) is 4.35. The highest BCUT2D eigenvalue weighted by molar-refractivity contribution is 6.33. The third-order valence-corrected chi connectivity index (χ3v) is 7.69. The van der Waals surface area contributed by atoms with Gasteiger partial charge < -0.3 is 5.11 Å². The zero-order chi connectivity index (χ0) is 28.1. The van der Waals surface area contributed by atoms with Crippen molar-refractivity contribution < 1.29 is 27.9 Å². The van der Waals surface area contributed by atoms with Crippen LogP contribution in [0, 0.1) is 5.92 Å². The predicted octanol–water partition coefficient (Wildman–Crippen LogP) is 6.66. The molecule has 1 fully saturated rings. The number of phenols is 1. The minimum Gasteiger partial charge on any atom is -0.508 e. The number of rotatable bonds is 5. The van der Waals surface area contributed by atoms with Crippen LogP contribution in [0.1, 0.15) is 29.0 Å². The molecule has 1 aromatic heterocycles. The molecule has 2 aliphatic rings. The first-order valence-corrected chi connectivity index (χ1v) is 12.5. The van der Waals surface area contributed by atoms with Crippen molar-refractivity contribution in [3.8, 4) is 5.75 Å². The van der Waals surface area contributed by atoms with Gasteiger partial charge in [-0.15, -0.1) is 0 Å². The van der Waals surface area contributed by atoms with E-state index in [9.17, 15) is 27.9 Å². The number of hydrogen-bond donors (Lipinski definition) is 2. The van der Waals surface area contributed by atoms with E-state index in [0.717, 1.165) is 5.01 Å². The fourth-order valence-electron chi connectivity index (χ4n) is 5.50. The molecule has 3 aromatic rings. The average Bonchev–Trinajstić information content (AvgIpc) is 3.11. The summed E-state index contributed by atoms with van der Waals surface area (Å²) < 4.78 is 39.4. The number of amides is 2. The SMILES string of the molecule is C=CC1=CC[C@H]2C(=O)N(Nc3ncc(C(F)(F)F)cc3Cl)C(=O)[C@@]2(c2ccc(Cl)cc2)[C@H]1c1cccc(O)c1. The van der Waals surface area contributed by atoms with Gasteiger partial charge in [-0.3, -0.25) is 15.0 Å². The Morgan fingerprint density at radius 3 is 2.46 bits per heavy atom. The molecule has 0 bridgehead atoms. The molecule has 11 heteroatoms. The number of phenolic OH excluding ortho intramolecular Hbond substituents is 1. The Labute approximate surface area is 231 Å². The summed E-state index contributed by atoms with van der Waals surface area (Å²) in [6.07, 6.45) is -0.517. The summed E-state index contributed by atoms with van der Waals surface area (Å²) in [5, 5.41) is 11.0. The highest BCUT2D eigenvalue weighted by Crippen LogP contribution is 2.58. The van der Waals surface area contributed by atoms with Crippen LogP contribution in [0.4, 0.5) is 19.0 Å². The molecule has 200 valence electrons. The van der Waals surface area contributed by atoms with Crippen LogP contribution in [0.15, 0.2) is 85.1 Å². The molecule has 0 radical (unpaired) electrons. The molecule has 5 rings (SSSR count). The van der Waals surface area contributed by atoms with E-state index >= 15 is 0 Å². The lowest BCUT2D eigenvalue weighted by molar-refractivity contribution is -0.139. The van der Waals surface area contributed by atoms with E-state index < -0.39 is 45.8 Å². The normalized spacial score (nSPS) is 22.9. The summed E-state index contributed by atoms with van der Waals surface area (Å²) in [7, 11) is 0. The molecule has 1 aliphatic heterocycles. The number of imide groups is 1. The fourth-order valence-corrected chi connectivity index (χ4v) is 5.83. The van der Waals surface area contributed by atoms with Crippen molar-refractivity contribution in [2.75, 3.05) is 5.43 Å². The van der Waals surface area contributed by atoms with Crippen molar-refractivity contribution in [1.29, 1.82) is 0 Å². The van der Waals surface area contributed by atoms with Crippen LogP contribution in [0.5, 0.6) is 5.75 Å². The second-order valence-electron chi connectivity index (χ2n) is 9.24. The summed E-state index contributed by atoms with van der Waals surface area (Å²) in [5.74, 6) is -3.27. The summed E-state index contributed by atoms with van der Waals surface area (Å²) in [5.41, 5.74) is 1.70. The minimum absolute atomic E-state index is 0.0308. The van der Waals surface area contributed by atoms with E-state index in [1.165, 1.54) is 12.1 Å². The molecule has 2 N–H and O–H groups in total. The zero-order valence-electron chi connectivity index (χ0n) is 20.0. The maximum atomic E-state index is 14.5. The van der Waals surface area contributed by atoms with E-state index in [-0.39, 0.29) is 18.0 Å². The number of nitrogens with one attached hydrogen (secondary N) is 1. The molecular formula is C28H20Cl2F3N3O3. The third-order valence-electron chi connectivity index (χ3n) is 7.15. The topological polar surface area (TPSA) is 82.5 Å². The van der Waals surface area contributed by atoms with Crippen LogP contribution < -0.4 is 5.43 Å². The van der Waals surface area contributed by atoms with Gasteiger partial charge >= 0.3 is 6.18 Å². The summed E-state index contributed by atoms with van der Waals surface area (Å²) >= 11 is 12.2. The summed E-state index contributed by atoms with van der Waals surface area (Å²) in [6, 6.07) is 13.6. The number of alkyl halides is 3. The number of pyridine rings is 1. The van der Waals surface area contributed by atoms with E-state index in [1.807, 2.05) is 6.08 Å². The second-order valence-corrected chi connectivity index (χ2v) is 10.1. The van der Waals surface area contributed by atoms with Crippen molar-refractivity contribution in [3.63, 3.8) is 0 Å². The molecule has 3 atom stereocenters. The Hall–Kier alpha value is -3.82. The van der Waals surface area contributed by atoms with Crippen LogP contribution in [0.2, 0.25) is 10.0 Å². The number of anilines is 1. The van der Waals surface area contributed by atoms with E-state index in [1.54, 1.807) is 42.5 Å². The summed E-state index contributed by atoms with van der Waals surface area (Å²) in [4.78, 5) is 32.0. The largest absolute Gasteiger partial charge is 0.508 e. The van der Waals surface area contributed by atoms with Gasteiger partial charge in [-0.1, -0.05) is 66.2 Å². The fraction of sp³-hybridized carbons (Fsp3) is 0.179. The molecule has 0 saturated carbocycles. The number of hydrazine groups is 1. The Bertz CT molecular complexity index is 1520. The molecule has 39 heavy (non-hydrogen) atoms. The number of aromatic nitrogens is 1. The Kier molecular flexibility index (Phi) is 6.68. The van der Waals surface area contributed by atoms with E-state index in [2.05, 4.69) is 17.0 Å². The lowest BCUT2D eigenvalue weighted by Crippen LogP contribution is -2.48. The Morgan fingerprint density at radius 1 is 1.13 bits per heavy atom. The van der Waals surface area contributed by atoms with Gasteiger partial charge in [0, 0.05) is 17.1 Å². The first-order valence-electron chi connectivity index (χ1n) is 11.7. The zero-order valence-corrected chi connectivity index (χ0v) is 21.6. The first-order chi connectivity index (χ1) is 18.5. The maximum Gasteiger partial charge on any atom is 0.417 e. The van der Waals surface area contributed by atoms with Crippen LogP contribution in [-0.2, 0) is 21.2 Å².